The molecule has 1 unspecified atom stereocenters. The third-order valence-corrected chi connectivity index (χ3v) is 4.95. The van der Waals surface area contributed by atoms with Crippen LogP contribution in [0.4, 0.5) is 5.69 Å². The fourth-order valence-corrected chi connectivity index (χ4v) is 3.38. The fraction of sp³-hybridized carbons (Fsp3) is 0.357. The summed E-state index contributed by atoms with van der Waals surface area (Å²) in [5.74, 6) is -0.452. The lowest BCUT2D eigenvalue weighted by Gasteiger charge is -2.40. The fourth-order valence-electron chi connectivity index (χ4n) is 2.28. The Labute approximate surface area is 126 Å². The first-order chi connectivity index (χ1) is 8.95. The smallest absolute Gasteiger partial charge is 0.337 e. The predicted molar refractivity (Wildman–Crippen MR) is 81.3 cm³/mol. The number of nitrogens with one attached hydrogen (secondary N) is 1. The first-order valence-electron chi connectivity index (χ1n) is 5.97. The summed E-state index contributed by atoms with van der Waals surface area (Å²) in [6, 6.07) is 7.69. The zero-order valence-electron chi connectivity index (χ0n) is 11.0. The molecule has 1 N–H and O–H groups in total. The van der Waals surface area contributed by atoms with Crippen LogP contribution in [0.15, 0.2) is 29.3 Å². The molecule has 0 fully saturated rings. The summed E-state index contributed by atoms with van der Waals surface area (Å²) < 4.78 is 5.67. The van der Waals surface area contributed by atoms with E-state index in [-0.39, 0.29) is 11.9 Å². The zero-order valence-corrected chi connectivity index (χ0v) is 13.3. The highest BCUT2D eigenvalue weighted by molar-refractivity contribution is 9.15. The van der Waals surface area contributed by atoms with Gasteiger partial charge in [0.25, 0.3) is 0 Å². The van der Waals surface area contributed by atoms with Crippen molar-refractivity contribution in [3.8, 4) is 0 Å². The highest BCUT2D eigenvalue weighted by Crippen LogP contribution is 2.47. The van der Waals surface area contributed by atoms with E-state index < -0.39 is 5.54 Å². The van der Waals surface area contributed by atoms with E-state index in [1.807, 2.05) is 38.1 Å². The minimum absolute atomic E-state index is 0.0617. The van der Waals surface area contributed by atoms with Gasteiger partial charge in [-0.3, -0.25) is 0 Å². The molecule has 1 aromatic carbocycles. The van der Waals surface area contributed by atoms with Gasteiger partial charge in [0.2, 0.25) is 0 Å². The lowest BCUT2D eigenvalue weighted by molar-refractivity contribution is -0.145. The second-order valence-corrected chi connectivity index (χ2v) is 5.92. The molecule has 2 rings (SSSR count). The highest BCUT2D eigenvalue weighted by Gasteiger charge is 2.49. The van der Waals surface area contributed by atoms with Gasteiger partial charge < -0.3 is 10.1 Å². The Morgan fingerprint density at radius 1 is 1.42 bits per heavy atom. The van der Waals surface area contributed by atoms with Crippen LogP contribution in [0.1, 0.15) is 19.4 Å². The number of ether oxygens (including phenoxy) is 1. The van der Waals surface area contributed by atoms with E-state index in [4.69, 9.17) is 16.3 Å². The minimum atomic E-state index is -1.05. The molecule has 0 aliphatic carbocycles. The summed E-state index contributed by atoms with van der Waals surface area (Å²) in [5, 5.41) is 3.67. The van der Waals surface area contributed by atoms with Gasteiger partial charge in [-0.25, -0.2) is 4.79 Å². The van der Waals surface area contributed by atoms with Crippen molar-refractivity contribution in [1.82, 2.24) is 0 Å². The van der Waals surface area contributed by atoms with Crippen LogP contribution < -0.4 is 5.32 Å². The van der Waals surface area contributed by atoms with Gasteiger partial charge >= 0.3 is 5.97 Å². The molecule has 5 heteroatoms. The van der Waals surface area contributed by atoms with Crippen molar-refractivity contribution in [2.75, 3.05) is 12.4 Å². The van der Waals surface area contributed by atoms with E-state index in [0.717, 1.165) is 15.7 Å². The second-order valence-electron chi connectivity index (χ2n) is 4.75. The predicted octanol–water partition coefficient (Wildman–Crippen LogP) is 3.98. The molecule has 1 aromatic rings. The maximum atomic E-state index is 12.3. The van der Waals surface area contributed by atoms with Crippen LogP contribution in [0.25, 0.3) is 4.48 Å². The molecule has 0 saturated carbocycles. The standard InChI is InChI=1S/C14H15BrClNO2/c1-8(2)14(13(18)19-3)12(16)11(15)9-6-4-5-7-10(9)17-14/h4-8,17H,1-3H3. The number of benzene rings is 1. The maximum absolute atomic E-state index is 12.3. The summed E-state index contributed by atoms with van der Waals surface area (Å²) in [6.45, 7) is 3.86. The number of esters is 1. The third kappa shape index (κ3) is 2.07. The number of rotatable bonds is 2. The van der Waals surface area contributed by atoms with Crippen LogP contribution in [-0.2, 0) is 9.53 Å². The van der Waals surface area contributed by atoms with Crippen LogP contribution in [0.5, 0.6) is 0 Å². The lowest BCUT2D eigenvalue weighted by Crippen LogP contribution is -2.53. The molecule has 0 amide bonds. The SMILES string of the molecule is COC(=O)C1(C(C)C)Nc2ccccc2C(Br)=C1Cl. The molecule has 1 atom stereocenters. The van der Waals surface area contributed by atoms with Crippen molar-refractivity contribution < 1.29 is 9.53 Å². The second kappa shape index (κ2) is 5.17. The molecular formula is C14H15BrClNO2. The van der Waals surface area contributed by atoms with Crippen molar-refractivity contribution in [2.45, 2.75) is 19.4 Å². The van der Waals surface area contributed by atoms with Crippen molar-refractivity contribution >= 4 is 43.7 Å². The van der Waals surface area contributed by atoms with Crippen LogP contribution in [-0.4, -0.2) is 18.6 Å². The number of carbonyl (C=O) groups excluding carboxylic acids is 1. The lowest BCUT2D eigenvalue weighted by atomic mass is 9.82. The van der Waals surface area contributed by atoms with Gasteiger partial charge in [-0.2, -0.15) is 0 Å². The van der Waals surface area contributed by atoms with Crippen molar-refractivity contribution in [1.29, 1.82) is 0 Å². The van der Waals surface area contributed by atoms with Crippen LogP contribution in [0, 0.1) is 5.92 Å². The van der Waals surface area contributed by atoms with Crippen molar-refractivity contribution in [3.05, 3.63) is 34.9 Å². The van der Waals surface area contributed by atoms with Gasteiger partial charge in [0, 0.05) is 15.7 Å². The maximum Gasteiger partial charge on any atom is 0.337 e. The Morgan fingerprint density at radius 2 is 2.05 bits per heavy atom. The van der Waals surface area contributed by atoms with E-state index in [1.54, 1.807) is 0 Å². The third-order valence-electron chi connectivity index (χ3n) is 3.41. The number of methoxy groups -OCH3 is 1. The average Bonchev–Trinajstić information content (AvgIpc) is 2.41. The molecule has 0 radical (unpaired) electrons. The monoisotopic (exact) mass is 343 g/mol. The quantitative estimate of drug-likeness (QED) is 0.825. The molecule has 102 valence electrons. The van der Waals surface area contributed by atoms with E-state index in [0.29, 0.717) is 5.03 Å². The van der Waals surface area contributed by atoms with Gasteiger partial charge in [0.05, 0.1) is 12.1 Å². The summed E-state index contributed by atoms with van der Waals surface area (Å²) in [6.07, 6.45) is 0. The molecule has 3 nitrogen and oxygen atoms in total. The Hall–Kier alpha value is -1.000. The molecule has 0 bridgehead atoms. The Balaban J connectivity index is 2.68. The summed E-state index contributed by atoms with van der Waals surface area (Å²) in [5.41, 5.74) is 0.745. The Morgan fingerprint density at radius 3 is 2.63 bits per heavy atom. The van der Waals surface area contributed by atoms with E-state index >= 15 is 0 Å². The van der Waals surface area contributed by atoms with Gasteiger partial charge in [0.1, 0.15) is 0 Å². The average molecular weight is 345 g/mol. The number of anilines is 1. The van der Waals surface area contributed by atoms with Crippen LogP contribution in [0.2, 0.25) is 0 Å². The van der Waals surface area contributed by atoms with Crippen LogP contribution in [0.3, 0.4) is 0 Å². The molecule has 0 aromatic heterocycles. The normalized spacial score (nSPS) is 22.0. The highest BCUT2D eigenvalue weighted by atomic mass is 79.9. The first-order valence-corrected chi connectivity index (χ1v) is 7.14. The summed E-state index contributed by atoms with van der Waals surface area (Å²) >= 11 is 9.95. The molecular weight excluding hydrogens is 330 g/mol. The largest absolute Gasteiger partial charge is 0.467 e. The molecule has 0 spiro atoms. The first kappa shape index (κ1) is 14.4. The van der Waals surface area contributed by atoms with E-state index in [2.05, 4.69) is 21.2 Å². The van der Waals surface area contributed by atoms with Crippen molar-refractivity contribution in [3.63, 3.8) is 0 Å². The number of hydrogen-bond acceptors (Lipinski definition) is 3. The number of para-hydroxylation sites is 1. The molecule has 1 aliphatic rings. The summed E-state index contributed by atoms with van der Waals surface area (Å²) in [7, 11) is 1.37. The van der Waals surface area contributed by atoms with E-state index in [1.165, 1.54) is 7.11 Å². The number of hydrogen-bond donors (Lipinski definition) is 1. The molecule has 19 heavy (non-hydrogen) atoms. The van der Waals surface area contributed by atoms with Gasteiger partial charge in [0.15, 0.2) is 5.54 Å². The number of halogens is 2. The van der Waals surface area contributed by atoms with Crippen molar-refractivity contribution in [2.24, 2.45) is 5.92 Å². The molecule has 1 aliphatic heterocycles. The topological polar surface area (TPSA) is 38.3 Å². The molecule has 0 saturated heterocycles. The minimum Gasteiger partial charge on any atom is -0.467 e. The van der Waals surface area contributed by atoms with Gasteiger partial charge in [-0.05, 0) is 27.9 Å². The summed E-state index contributed by atoms with van der Waals surface area (Å²) in [4.78, 5) is 12.3. The number of carbonyl (C=O) groups is 1. The molecule has 1 heterocycles. The Kier molecular flexibility index (Phi) is 3.92. The van der Waals surface area contributed by atoms with Crippen LogP contribution >= 0.6 is 27.5 Å². The number of fused-ring (bicyclic) bond motifs is 1. The van der Waals surface area contributed by atoms with Gasteiger partial charge in [-0.15, -0.1) is 0 Å². The zero-order chi connectivity index (χ0) is 14.2. The Bertz CT molecular complexity index is 556. The van der Waals surface area contributed by atoms with E-state index in [9.17, 15) is 4.79 Å². The van der Waals surface area contributed by atoms with Gasteiger partial charge in [-0.1, -0.05) is 43.6 Å².